The summed E-state index contributed by atoms with van der Waals surface area (Å²) >= 11 is 0. The van der Waals surface area contributed by atoms with Gasteiger partial charge in [0.1, 0.15) is 0 Å². The second-order valence-electron chi connectivity index (χ2n) is 4.87. The van der Waals surface area contributed by atoms with Crippen LogP contribution in [-0.2, 0) is 14.6 Å². The first-order chi connectivity index (χ1) is 9.91. The van der Waals surface area contributed by atoms with Crippen molar-refractivity contribution < 1.29 is 22.0 Å². The number of carbonyl (C=O) groups is 1. The van der Waals surface area contributed by atoms with Gasteiger partial charge in [-0.05, 0) is 37.6 Å². The molecule has 5 nitrogen and oxygen atoms in total. The summed E-state index contributed by atoms with van der Waals surface area (Å²) in [6, 6.07) is 4.93. The van der Waals surface area contributed by atoms with E-state index in [0.717, 1.165) is 31.5 Å². The van der Waals surface area contributed by atoms with Gasteiger partial charge in [0, 0.05) is 12.2 Å². The van der Waals surface area contributed by atoms with Crippen LogP contribution in [0.2, 0.25) is 0 Å². The Labute approximate surface area is 133 Å². The van der Waals surface area contributed by atoms with Crippen molar-refractivity contribution in [1.29, 1.82) is 0 Å². The van der Waals surface area contributed by atoms with E-state index in [9.17, 15) is 22.0 Å². The summed E-state index contributed by atoms with van der Waals surface area (Å²) in [6.45, 7) is 1.42. The highest BCUT2D eigenvalue weighted by molar-refractivity contribution is 7.91. The number of sulfone groups is 1. The van der Waals surface area contributed by atoms with Gasteiger partial charge < -0.3 is 10.6 Å². The van der Waals surface area contributed by atoms with Gasteiger partial charge in [-0.15, -0.1) is 12.4 Å². The van der Waals surface area contributed by atoms with Crippen LogP contribution in [0.4, 0.5) is 14.5 Å². The van der Waals surface area contributed by atoms with Crippen LogP contribution in [0.15, 0.2) is 29.2 Å². The highest BCUT2D eigenvalue weighted by Crippen LogP contribution is 2.22. The number of hydrogen-bond donors (Lipinski definition) is 2. The molecule has 0 aliphatic carbocycles. The van der Waals surface area contributed by atoms with Crippen LogP contribution >= 0.6 is 12.4 Å². The van der Waals surface area contributed by atoms with Gasteiger partial charge in [0.15, 0.2) is 0 Å². The van der Waals surface area contributed by atoms with Gasteiger partial charge in [-0.3, -0.25) is 4.79 Å². The first-order valence-electron chi connectivity index (χ1n) is 6.55. The fourth-order valence-electron chi connectivity index (χ4n) is 2.17. The third-order valence-corrected chi connectivity index (χ3v) is 4.71. The average molecular weight is 355 g/mol. The highest BCUT2D eigenvalue weighted by Gasteiger charge is 2.27. The number of benzene rings is 1. The monoisotopic (exact) mass is 354 g/mol. The largest absolute Gasteiger partial charge is 0.341 e. The molecular formula is C13H17ClF2N2O3S. The van der Waals surface area contributed by atoms with Crippen molar-refractivity contribution in [3.05, 3.63) is 24.3 Å². The zero-order valence-electron chi connectivity index (χ0n) is 11.6. The number of hydrogen-bond acceptors (Lipinski definition) is 4. The lowest BCUT2D eigenvalue weighted by Crippen LogP contribution is -2.37. The van der Waals surface area contributed by atoms with Gasteiger partial charge in [0.05, 0.1) is 10.8 Å². The van der Waals surface area contributed by atoms with E-state index in [0.29, 0.717) is 6.54 Å². The second kappa shape index (κ2) is 7.85. The van der Waals surface area contributed by atoms with Crippen LogP contribution in [0, 0.1) is 5.92 Å². The molecule has 124 valence electrons. The van der Waals surface area contributed by atoms with Gasteiger partial charge in [0.25, 0.3) is 0 Å². The maximum absolute atomic E-state index is 12.5. The predicted octanol–water partition coefficient (Wildman–Crippen LogP) is 2.04. The Morgan fingerprint density at radius 3 is 2.68 bits per heavy atom. The minimum atomic E-state index is -4.66. The lowest BCUT2D eigenvalue weighted by Gasteiger charge is -2.22. The van der Waals surface area contributed by atoms with Crippen molar-refractivity contribution >= 4 is 33.8 Å². The molecule has 22 heavy (non-hydrogen) atoms. The van der Waals surface area contributed by atoms with Crippen LogP contribution in [-0.4, -0.2) is 33.2 Å². The highest BCUT2D eigenvalue weighted by atomic mass is 35.5. The summed E-state index contributed by atoms with van der Waals surface area (Å²) in [5, 5.41) is 5.67. The molecule has 0 bridgehead atoms. The minimum absolute atomic E-state index is 0. The van der Waals surface area contributed by atoms with Crippen LogP contribution in [0.5, 0.6) is 0 Å². The number of carbonyl (C=O) groups excluding carboxylic acids is 1. The molecule has 2 N–H and O–H groups in total. The maximum Gasteiger partial charge on any atom is 0.341 e. The van der Waals surface area contributed by atoms with E-state index in [1.54, 1.807) is 0 Å². The summed E-state index contributed by atoms with van der Waals surface area (Å²) in [7, 11) is -4.66. The number of halogens is 3. The smallest absolute Gasteiger partial charge is 0.326 e. The Hall–Kier alpha value is -1.25. The van der Waals surface area contributed by atoms with E-state index in [1.165, 1.54) is 12.1 Å². The normalized spacial score (nSPS) is 18.6. The van der Waals surface area contributed by atoms with E-state index in [-0.39, 0.29) is 29.9 Å². The Bertz CT molecular complexity index is 619. The lowest BCUT2D eigenvalue weighted by atomic mass is 9.99. The average Bonchev–Trinajstić information content (AvgIpc) is 2.48. The Morgan fingerprint density at radius 1 is 1.36 bits per heavy atom. The molecule has 1 unspecified atom stereocenters. The topological polar surface area (TPSA) is 75.3 Å². The van der Waals surface area contributed by atoms with Gasteiger partial charge in [0.2, 0.25) is 15.7 Å². The first kappa shape index (κ1) is 18.8. The molecule has 1 aliphatic heterocycles. The number of anilines is 1. The van der Waals surface area contributed by atoms with E-state index in [1.807, 2.05) is 0 Å². The first-order valence-corrected chi connectivity index (χ1v) is 8.09. The van der Waals surface area contributed by atoms with Gasteiger partial charge in [-0.2, -0.15) is 8.78 Å². The molecule has 1 aliphatic rings. The molecule has 1 aromatic rings. The molecule has 1 saturated heterocycles. The van der Waals surface area contributed by atoms with Crippen LogP contribution in [0.25, 0.3) is 0 Å². The van der Waals surface area contributed by atoms with E-state index in [4.69, 9.17) is 0 Å². The number of amides is 1. The predicted molar refractivity (Wildman–Crippen MR) is 81.1 cm³/mol. The molecule has 1 aromatic carbocycles. The Kier molecular flexibility index (Phi) is 6.70. The molecule has 0 saturated carbocycles. The number of nitrogens with one attached hydrogen (secondary N) is 2. The lowest BCUT2D eigenvalue weighted by molar-refractivity contribution is -0.120. The molecular weight excluding hydrogens is 338 g/mol. The zero-order valence-corrected chi connectivity index (χ0v) is 13.2. The van der Waals surface area contributed by atoms with Gasteiger partial charge in [-0.1, -0.05) is 6.07 Å². The van der Waals surface area contributed by atoms with Crippen LogP contribution in [0.3, 0.4) is 0 Å². The van der Waals surface area contributed by atoms with E-state index in [2.05, 4.69) is 10.6 Å². The van der Waals surface area contributed by atoms with Crippen molar-refractivity contribution in [2.45, 2.75) is 23.5 Å². The van der Waals surface area contributed by atoms with E-state index < -0.39 is 20.5 Å². The van der Waals surface area contributed by atoms with Crippen molar-refractivity contribution in [3.63, 3.8) is 0 Å². The molecule has 2 rings (SSSR count). The number of piperidine rings is 1. The molecule has 1 atom stereocenters. The quantitative estimate of drug-likeness (QED) is 0.867. The van der Waals surface area contributed by atoms with Crippen LogP contribution in [0.1, 0.15) is 12.8 Å². The maximum atomic E-state index is 12.5. The van der Waals surface area contributed by atoms with Crippen molar-refractivity contribution in [2.24, 2.45) is 5.92 Å². The van der Waals surface area contributed by atoms with E-state index >= 15 is 0 Å². The summed E-state index contributed by atoms with van der Waals surface area (Å²) in [5.74, 6) is -3.92. The molecule has 1 fully saturated rings. The van der Waals surface area contributed by atoms with Gasteiger partial charge >= 0.3 is 5.76 Å². The van der Waals surface area contributed by atoms with Crippen molar-refractivity contribution in [2.75, 3.05) is 18.4 Å². The van der Waals surface area contributed by atoms with Gasteiger partial charge in [-0.25, -0.2) is 8.42 Å². The summed E-state index contributed by atoms with van der Waals surface area (Å²) < 4.78 is 47.8. The third-order valence-electron chi connectivity index (χ3n) is 3.33. The summed E-state index contributed by atoms with van der Waals surface area (Å²) in [5.41, 5.74) is 0.201. The minimum Gasteiger partial charge on any atom is -0.326 e. The van der Waals surface area contributed by atoms with Crippen molar-refractivity contribution in [3.8, 4) is 0 Å². The fraction of sp³-hybridized carbons (Fsp3) is 0.462. The zero-order chi connectivity index (χ0) is 15.5. The second-order valence-corrected chi connectivity index (χ2v) is 6.78. The number of rotatable bonds is 4. The molecule has 9 heteroatoms. The molecule has 0 spiro atoms. The summed E-state index contributed by atoms with van der Waals surface area (Å²) in [4.78, 5) is 11.5. The molecule has 1 heterocycles. The van der Waals surface area contributed by atoms with Crippen LogP contribution < -0.4 is 10.6 Å². The molecule has 0 radical (unpaired) electrons. The Balaban J connectivity index is 0.00000242. The third kappa shape index (κ3) is 4.37. The van der Waals surface area contributed by atoms with Crippen molar-refractivity contribution in [1.82, 2.24) is 5.32 Å². The Morgan fingerprint density at radius 2 is 2.09 bits per heavy atom. The SMILES string of the molecule is Cl.O=C(Nc1cccc(S(=O)(=O)C(F)F)c1)C1CCCNC1. The standard InChI is InChI=1S/C13H16F2N2O3S.ClH/c14-13(15)21(19,20)11-5-1-4-10(7-11)17-12(18)9-3-2-6-16-8-9;/h1,4-5,7,9,13,16H,2-3,6,8H2,(H,17,18);1H. The summed E-state index contributed by atoms with van der Waals surface area (Å²) in [6.07, 6.45) is 1.63. The number of alkyl halides is 2. The molecule has 1 amide bonds. The fourth-order valence-corrected chi connectivity index (χ4v) is 2.94. The molecule has 0 aromatic heterocycles.